The molecule has 1 aromatic carbocycles. The van der Waals surface area contributed by atoms with Crippen molar-refractivity contribution in [3.63, 3.8) is 0 Å². The third-order valence-corrected chi connectivity index (χ3v) is 7.12. The van der Waals surface area contributed by atoms with Crippen molar-refractivity contribution in [3.05, 3.63) is 53.3 Å². The highest BCUT2D eigenvalue weighted by Crippen LogP contribution is 2.31. The van der Waals surface area contributed by atoms with Crippen LogP contribution in [0.3, 0.4) is 0 Å². The summed E-state index contributed by atoms with van der Waals surface area (Å²) in [5.74, 6) is -0.0423. The largest absolute Gasteiger partial charge is 0.358 e. The Morgan fingerprint density at radius 2 is 2.00 bits per heavy atom. The molecule has 3 aromatic rings. The number of aromatic nitrogens is 2. The van der Waals surface area contributed by atoms with Crippen LogP contribution in [0, 0.1) is 6.92 Å². The van der Waals surface area contributed by atoms with E-state index in [1.807, 2.05) is 19.1 Å². The third kappa shape index (κ3) is 3.90. The van der Waals surface area contributed by atoms with Crippen LogP contribution < -0.4 is 5.32 Å². The number of amides is 1. The SMILES string of the molecule is Cc1ccc(NC(=O)CN(C)S(=O)(=O)c2ccc3[nH]c4c(c3c2)CCCC4)nc1. The number of hydrogen-bond acceptors (Lipinski definition) is 4. The summed E-state index contributed by atoms with van der Waals surface area (Å²) < 4.78 is 27.1. The summed E-state index contributed by atoms with van der Waals surface area (Å²) in [5.41, 5.74) is 4.36. The van der Waals surface area contributed by atoms with Crippen molar-refractivity contribution in [1.29, 1.82) is 0 Å². The first kappa shape index (κ1) is 19.6. The average molecular weight is 413 g/mol. The Kier molecular flexibility index (Phi) is 5.14. The fraction of sp³-hybridized carbons (Fsp3) is 0.333. The van der Waals surface area contributed by atoms with Crippen LogP contribution in [-0.4, -0.2) is 42.2 Å². The van der Waals surface area contributed by atoms with E-state index in [-0.39, 0.29) is 11.4 Å². The normalized spacial score (nSPS) is 14.2. The van der Waals surface area contributed by atoms with E-state index in [1.165, 1.54) is 18.3 Å². The first-order valence-corrected chi connectivity index (χ1v) is 11.1. The number of fused-ring (bicyclic) bond motifs is 3. The number of carbonyl (C=O) groups excluding carboxylic acids is 1. The molecule has 0 bridgehead atoms. The van der Waals surface area contributed by atoms with E-state index in [4.69, 9.17) is 0 Å². The third-order valence-electron chi connectivity index (χ3n) is 5.32. The molecule has 1 aliphatic carbocycles. The Morgan fingerprint density at radius 1 is 1.21 bits per heavy atom. The number of hydrogen-bond donors (Lipinski definition) is 2. The van der Waals surface area contributed by atoms with Crippen LogP contribution in [0.4, 0.5) is 5.82 Å². The molecular weight excluding hydrogens is 388 g/mol. The number of rotatable bonds is 5. The number of benzene rings is 1. The molecule has 152 valence electrons. The number of anilines is 1. The monoisotopic (exact) mass is 412 g/mol. The summed E-state index contributed by atoms with van der Waals surface area (Å²) >= 11 is 0. The van der Waals surface area contributed by atoms with Crippen LogP contribution >= 0.6 is 0 Å². The summed E-state index contributed by atoms with van der Waals surface area (Å²) in [6.45, 7) is 1.61. The van der Waals surface area contributed by atoms with E-state index < -0.39 is 15.9 Å². The lowest BCUT2D eigenvalue weighted by atomic mass is 9.96. The second kappa shape index (κ2) is 7.61. The molecule has 7 nitrogen and oxygen atoms in total. The minimum Gasteiger partial charge on any atom is -0.358 e. The fourth-order valence-electron chi connectivity index (χ4n) is 3.74. The van der Waals surface area contributed by atoms with E-state index in [0.29, 0.717) is 5.82 Å². The number of sulfonamides is 1. The lowest BCUT2D eigenvalue weighted by molar-refractivity contribution is -0.116. The quantitative estimate of drug-likeness (QED) is 0.673. The number of carbonyl (C=O) groups is 1. The molecular formula is C21H24N4O3S. The zero-order valence-electron chi connectivity index (χ0n) is 16.5. The first-order valence-electron chi connectivity index (χ1n) is 9.67. The van der Waals surface area contributed by atoms with Gasteiger partial charge in [0.1, 0.15) is 5.82 Å². The van der Waals surface area contributed by atoms with Crippen molar-refractivity contribution in [2.24, 2.45) is 0 Å². The highest BCUT2D eigenvalue weighted by molar-refractivity contribution is 7.89. The zero-order chi connectivity index (χ0) is 20.6. The van der Waals surface area contributed by atoms with Gasteiger partial charge in [0.15, 0.2) is 0 Å². The van der Waals surface area contributed by atoms with Gasteiger partial charge in [-0.1, -0.05) is 6.07 Å². The maximum atomic E-state index is 13.0. The molecule has 29 heavy (non-hydrogen) atoms. The Balaban J connectivity index is 1.54. The van der Waals surface area contributed by atoms with Crippen LogP contribution in [0.15, 0.2) is 41.4 Å². The molecule has 2 aromatic heterocycles. The molecule has 0 saturated heterocycles. The molecule has 0 atom stereocenters. The number of aryl methyl sites for hydroxylation is 3. The standard InChI is InChI=1S/C21H24N4O3S/c1-14-7-10-20(22-12-14)24-21(26)13-25(2)29(27,28)15-8-9-19-17(11-15)16-5-3-4-6-18(16)23-19/h7-12,23H,3-6,13H2,1-2H3,(H,22,24,26). The molecule has 8 heteroatoms. The summed E-state index contributed by atoms with van der Waals surface area (Å²) in [5, 5.41) is 3.59. The fourth-order valence-corrected chi connectivity index (χ4v) is 4.89. The molecule has 4 rings (SSSR count). The van der Waals surface area contributed by atoms with Gasteiger partial charge >= 0.3 is 0 Å². The van der Waals surface area contributed by atoms with Crippen LogP contribution in [0.1, 0.15) is 29.7 Å². The van der Waals surface area contributed by atoms with Crippen LogP contribution in [0.25, 0.3) is 10.9 Å². The van der Waals surface area contributed by atoms with E-state index in [1.54, 1.807) is 24.4 Å². The predicted octanol–water partition coefficient (Wildman–Crippen LogP) is 3.01. The van der Waals surface area contributed by atoms with Crippen LogP contribution in [0.2, 0.25) is 0 Å². The van der Waals surface area contributed by atoms with E-state index in [0.717, 1.165) is 46.5 Å². The van der Waals surface area contributed by atoms with Gasteiger partial charge in [0.05, 0.1) is 11.4 Å². The Morgan fingerprint density at radius 3 is 2.76 bits per heavy atom. The second-order valence-corrected chi connectivity index (χ2v) is 9.57. The van der Waals surface area contributed by atoms with Gasteiger partial charge in [-0.25, -0.2) is 13.4 Å². The topological polar surface area (TPSA) is 95.2 Å². The first-order chi connectivity index (χ1) is 13.8. The van der Waals surface area contributed by atoms with Crippen LogP contribution in [-0.2, 0) is 27.7 Å². The number of nitrogens with zero attached hydrogens (tertiary/aromatic N) is 2. The molecule has 2 heterocycles. The highest BCUT2D eigenvalue weighted by atomic mass is 32.2. The van der Waals surface area contributed by atoms with Gasteiger partial charge < -0.3 is 10.3 Å². The Labute approximate surface area is 170 Å². The Hall–Kier alpha value is -2.71. The van der Waals surface area contributed by atoms with Crippen molar-refractivity contribution in [1.82, 2.24) is 14.3 Å². The minimum atomic E-state index is -3.79. The molecule has 0 unspecified atom stereocenters. The Bertz CT molecular complexity index is 1170. The van der Waals surface area contributed by atoms with Crippen molar-refractivity contribution in [2.75, 3.05) is 18.9 Å². The summed E-state index contributed by atoms with van der Waals surface area (Å²) in [4.78, 5) is 20.0. The minimum absolute atomic E-state index is 0.195. The second-order valence-electron chi connectivity index (χ2n) is 7.53. The van der Waals surface area contributed by atoms with Gasteiger partial charge in [0.2, 0.25) is 15.9 Å². The van der Waals surface area contributed by atoms with Gasteiger partial charge in [-0.2, -0.15) is 4.31 Å². The molecule has 0 fully saturated rings. The molecule has 0 saturated carbocycles. The summed E-state index contributed by atoms with van der Waals surface area (Å²) in [6.07, 6.45) is 5.87. The average Bonchev–Trinajstić information content (AvgIpc) is 3.07. The van der Waals surface area contributed by atoms with E-state index in [2.05, 4.69) is 15.3 Å². The number of aromatic amines is 1. The number of pyridine rings is 1. The lowest BCUT2D eigenvalue weighted by Gasteiger charge is -2.17. The van der Waals surface area contributed by atoms with Crippen molar-refractivity contribution in [3.8, 4) is 0 Å². The van der Waals surface area contributed by atoms with Crippen LogP contribution in [0.5, 0.6) is 0 Å². The van der Waals surface area contributed by atoms with Gasteiger partial charge in [0, 0.05) is 29.8 Å². The van der Waals surface area contributed by atoms with Gasteiger partial charge in [-0.15, -0.1) is 0 Å². The van der Waals surface area contributed by atoms with Gasteiger partial charge in [0.25, 0.3) is 0 Å². The number of nitrogens with one attached hydrogen (secondary N) is 2. The summed E-state index contributed by atoms with van der Waals surface area (Å²) in [7, 11) is -2.38. The number of likely N-dealkylation sites (N-methyl/N-ethyl adjacent to an activating group) is 1. The number of H-pyrrole nitrogens is 1. The van der Waals surface area contributed by atoms with Crippen molar-refractivity contribution < 1.29 is 13.2 Å². The zero-order valence-corrected chi connectivity index (χ0v) is 17.3. The molecule has 2 N–H and O–H groups in total. The maximum Gasteiger partial charge on any atom is 0.243 e. The smallest absolute Gasteiger partial charge is 0.243 e. The van der Waals surface area contributed by atoms with E-state index in [9.17, 15) is 13.2 Å². The predicted molar refractivity (Wildman–Crippen MR) is 112 cm³/mol. The van der Waals surface area contributed by atoms with Crippen molar-refractivity contribution in [2.45, 2.75) is 37.5 Å². The molecule has 0 radical (unpaired) electrons. The molecule has 0 spiro atoms. The molecule has 0 aliphatic heterocycles. The van der Waals surface area contributed by atoms with Crippen molar-refractivity contribution >= 4 is 32.7 Å². The lowest BCUT2D eigenvalue weighted by Crippen LogP contribution is -2.35. The summed E-state index contributed by atoms with van der Waals surface area (Å²) in [6, 6.07) is 8.64. The molecule has 1 aliphatic rings. The molecule has 1 amide bonds. The highest BCUT2D eigenvalue weighted by Gasteiger charge is 2.25. The van der Waals surface area contributed by atoms with E-state index >= 15 is 0 Å². The van der Waals surface area contributed by atoms with Gasteiger partial charge in [-0.3, -0.25) is 4.79 Å². The maximum absolute atomic E-state index is 13.0. The van der Waals surface area contributed by atoms with Gasteiger partial charge in [-0.05, 0) is 68.0 Å².